The number of hydrogen-bond acceptors (Lipinski definition) is 2. The molecule has 1 aliphatic heterocycles. The molecular formula is C11H14ClF2NO. The molecule has 0 aliphatic carbocycles. The van der Waals surface area contributed by atoms with Crippen molar-refractivity contribution in [1.29, 1.82) is 0 Å². The largest absolute Gasteiger partial charge is 0.492 e. The van der Waals surface area contributed by atoms with E-state index >= 15 is 0 Å². The van der Waals surface area contributed by atoms with Gasteiger partial charge in [-0.1, -0.05) is 0 Å². The number of ether oxygens (including phenoxy) is 1. The Morgan fingerprint density at radius 3 is 2.75 bits per heavy atom. The third kappa shape index (κ3) is 3.32. The van der Waals surface area contributed by atoms with Crippen LogP contribution in [-0.2, 0) is 0 Å². The zero-order valence-electron chi connectivity index (χ0n) is 8.71. The van der Waals surface area contributed by atoms with Crippen LogP contribution >= 0.6 is 12.4 Å². The lowest BCUT2D eigenvalue weighted by Gasteiger charge is -2.11. The first kappa shape index (κ1) is 13.2. The fourth-order valence-corrected chi connectivity index (χ4v) is 1.66. The lowest BCUT2D eigenvalue weighted by Crippen LogP contribution is -2.28. The van der Waals surface area contributed by atoms with E-state index in [2.05, 4.69) is 5.32 Å². The van der Waals surface area contributed by atoms with Gasteiger partial charge in [-0.3, -0.25) is 0 Å². The summed E-state index contributed by atoms with van der Waals surface area (Å²) in [7, 11) is 0. The Kier molecular flexibility index (Phi) is 4.96. The van der Waals surface area contributed by atoms with E-state index in [1.807, 2.05) is 0 Å². The van der Waals surface area contributed by atoms with E-state index in [9.17, 15) is 8.78 Å². The van der Waals surface area contributed by atoms with Crippen LogP contribution in [0.5, 0.6) is 5.75 Å². The smallest absolute Gasteiger partial charge is 0.162 e. The van der Waals surface area contributed by atoms with E-state index in [4.69, 9.17) is 4.74 Å². The Balaban J connectivity index is 0.00000128. The first-order valence-electron chi connectivity index (χ1n) is 5.07. The van der Waals surface area contributed by atoms with E-state index in [0.717, 1.165) is 31.5 Å². The van der Waals surface area contributed by atoms with Gasteiger partial charge in [-0.25, -0.2) is 8.78 Å². The number of halogens is 3. The van der Waals surface area contributed by atoms with Crippen molar-refractivity contribution in [3.63, 3.8) is 0 Å². The maximum Gasteiger partial charge on any atom is 0.162 e. The summed E-state index contributed by atoms with van der Waals surface area (Å²) in [6.07, 6.45) is 2.22. The quantitative estimate of drug-likeness (QED) is 0.889. The van der Waals surface area contributed by atoms with Gasteiger partial charge in [0.15, 0.2) is 11.6 Å². The van der Waals surface area contributed by atoms with Crippen molar-refractivity contribution >= 4 is 12.4 Å². The summed E-state index contributed by atoms with van der Waals surface area (Å²) in [4.78, 5) is 0. The van der Waals surface area contributed by atoms with Crippen molar-refractivity contribution in [1.82, 2.24) is 5.32 Å². The molecule has 0 bridgehead atoms. The summed E-state index contributed by atoms with van der Waals surface area (Å²) in [6, 6.07) is 3.92. The summed E-state index contributed by atoms with van der Waals surface area (Å²) < 4.78 is 30.8. The minimum Gasteiger partial charge on any atom is -0.492 e. The molecule has 1 fully saturated rings. The van der Waals surface area contributed by atoms with E-state index < -0.39 is 11.6 Å². The lowest BCUT2D eigenvalue weighted by atomic mass is 10.2. The SMILES string of the molecule is Cl.Fc1ccc(OC[C@@H]2CCCN2)cc1F. The maximum atomic E-state index is 12.8. The second-order valence-corrected chi connectivity index (χ2v) is 3.68. The van der Waals surface area contributed by atoms with Crippen molar-refractivity contribution in [2.45, 2.75) is 18.9 Å². The van der Waals surface area contributed by atoms with Crippen LogP contribution in [0.3, 0.4) is 0 Å². The molecule has 1 N–H and O–H groups in total. The highest BCUT2D eigenvalue weighted by Gasteiger charge is 2.14. The molecule has 0 aromatic heterocycles. The van der Waals surface area contributed by atoms with Crippen LogP contribution in [0.25, 0.3) is 0 Å². The predicted molar refractivity (Wildman–Crippen MR) is 60.1 cm³/mol. The highest BCUT2D eigenvalue weighted by molar-refractivity contribution is 5.85. The molecule has 1 aromatic rings. The monoisotopic (exact) mass is 249 g/mol. The average Bonchev–Trinajstić information content (AvgIpc) is 2.73. The normalized spacial score (nSPS) is 19.2. The fourth-order valence-electron chi connectivity index (χ4n) is 1.66. The Labute approximate surface area is 99.4 Å². The zero-order chi connectivity index (χ0) is 10.7. The maximum absolute atomic E-state index is 12.8. The van der Waals surface area contributed by atoms with Crippen LogP contribution in [0.1, 0.15) is 12.8 Å². The van der Waals surface area contributed by atoms with Crippen LogP contribution in [0.2, 0.25) is 0 Å². The Bertz CT molecular complexity index is 343. The molecule has 0 amide bonds. The average molecular weight is 250 g/mol. The molecule has 1 aliphatic rings. The predicted octanol–water partition coefficient (Wildman–Crippen LogP) is 2.52. The van der Waals surface area contributed by atoms with Crippen molar-refractivity contribution < 1.29 is 13.5 Å². The van der Waals surface area contributed by atoms with Crippen LogP contribution in [-0.4, -0.2) is 19.2 Å². The third-order valence-electron chi connectivity index (χ3n) is 2.50. The van der Waals surface area contributed by atoms with Gasteiger partial charge in [0.2, 0.25) is 0 Å². The van der Waals surface area contributed by atoms with Crippen molar-refractivity contribution in [2.75, 3.05) is 13.2 Å². The Morgan fingerprint density at radius 1 is 1.31 bits per heavy atom. The molecule has 0 saturated carbocycles. The molecule has 2 rings (SSSR count). The first-order chi connectivity index (χ1) is 7.25. The van der Waals surface area contributed by atoms with Crippen LogP contribution in [0, 0.1) is 11.6 Å². The standard InChI is InChI=1S/C11H13F2NO.ClH/c12-10-4-3-9(6-11(10)13)15-7-8-2-1-5-14-8;/h3-4,6,8,14H,1-2,5,7H2;1H/t8-;/m0./s1. The van der Waals surface area contributed by atoms with Gasteiger partial charge >= 0.3 is 0 Å². The van der Waals surface area contributed by atoms with E-state index in [1.165, 1.54) is 6.07 Å². The highest BCUT2D eigenvalue weighted by atomic mass is 35.5. The van der Waals surface area contributed by atoms with Crippen molar-refractivity contribution in [3.05, 3.63) is 29.8 Å². The second kappa shape index (κ2) is 6.01. The minimum atomic E-state index is -0.869. The first-order valence-corrected chi connectivity index (χ1v) is 5.07. The van der Waals surface area contributed by atoms with Gasteiger partial charge in [0.25, 0.3) is 0 Å². The van der Waals surface area contributed by atoms with E-state index in [1.54, 1.807) is 0 Å². The minimum absolute atomic E-state index is 0. The number of hydrogen-bond donors (Lipinski definition) is 1. The molecule has 1 aromatic carbocycles. The molecule has 16 heavy (non-hydrogen) atoms. The summed E-state index contributed by atoms with van der Waals surface area (Å²) in [5, 5.41) is 3.26. The van der Waals surface area contributed by atoms with Gasteiger partial charge < -0.3 is 10.1 Å². The summed E-state index contributed by atoms with van der Waals surface area (Å²) in [5.41, 5.74) is 0. The third-order valence-corrected chi connectivity index (χ3v) is 2.50. The Morgan fingerprint density at radius 2 is 2.12 bits per heavy atom. The molecule has 0 unspecified atom stereocenters. The fraction of sp³-hybridized carbons (Fsp3) is 0.455. The van der Waals surface area contributed by atoms with Crippen LogP contribution in [0.15, 0.2) is 18.2 Å². The van der Waals surface area contributed by atoms with E-state index in [-0.39, 0.29) is 12.4 Å². The second-order valence-electron chi connectivity index (χ2n) is 3.68. The molecule has 1 atom stereocenters. The summed E-state index contributed by atoms with van der Waals surface area (Å²) >= 11 is 0. The van der Waals surface area contributed by atoms with Crippen LogP contribution < -0.4 is 10.1 Å². The molecule has 5 heteroatoms. The lowest BCUT2D eigenvalue weighted by molar-refractivity contribution is 0.275. The van der Waals surface area contributed by atoms with Gasteiger partial charge in [0.1, 0.15) is 12.4 Å². The molecule has 90 valence electrons. The molecule has 0 spiro atoms. The Hall–Kier alpha value is -0.870. The molecule has 0 radical (unpaired) electrons. The van der Waals surface area contributed by atoms with Gasteiger partial charge in [0.05, 0.1) is 0 Å². The molecular weight excluding hydrogens is 236 g/mol. The number of benzene rings is 1. The molecule has 1 saturated heterocycles. The van der Waals surface area contributed by atoms with Gasteiger partial charge in [-0.15, -0.1) is 12.4 Å². The highest BCUT2D eigenvalue weighted by Crippen LogP contribution is 2.16. The van der Waals surface area contributed by atoms with Gasteiger partial charge in [-0.2, -0.15) is 0 Å². The number of nitrogens with one attached hydrogen (secondary N) is 1. The zero-order valence-corrected chi connectivity index (χ0v) is 9.53. The van der Waals surface area contributed by atoms with Gasteiger partial charge in [0, 0.05) is 12.1 Å². The van der Waals surface area contributed by atoms with Crippen molar-refractivity contribution in [2.24, 2.45) is 0 Å². The summed E-state index contributed by atoms with van der Waals surface area (Å²) in [6.45, 7) is 1.51. The van der Waals surface area contributed by atoms with Crippen molar-refractivity contribution in [3.8, 4) is 5.75 Å². The van der Waals surface area contributed by atoms with E-state index in [0.29, 0.717) is 18.4 Å². The summed E-state index contributed by atoms with van der Waals surface area (Å²) in [5.74, 6) is -1.34. The van der Waals surface area contributed by atoms with Gasteiger partial charge in [-0.05, 0) is 31.5 Å². The topological polar surface area (TPSA) is 21.3 Å². The molecule has 1 heterocycles. The molecule has 2 nitrogen and oxygen atoms in total. The number of rotatable bonds is 3. The van der Waals surface area contributed by atoms with Crippen LogP contribution in [0.4, 0.5) is 8.78 Å².